The van der Waals surface area contributed by atoms with Gasteiger partial charge in [-0.25, -0.2) is 4.98 Å². The van der Waals surface area contributed by atoms with Gasteiger partial charge in [-0.3, -0.25) is 4.99 Å². The highest BCUT2D eigenvalue weighted by Gasteiger charge is 2.19. The van der Waals surface area contributed by atoms with E-state index in [2.05, 4.69) is 44.3 Å². The minimum Gasteiger partial charge on any atom is -0.381 e. The van der Waals surface area contributed by atoms with Crippen LogP contribution in [0.5, 0.6) is 0 Å². The van der Waals surface area contributed by atoms with E-state index in [-0.39, 0.29) is 0 Å². The first kappa shape index (κ1) is 17.0. The van der Waals surface area contributed by atoms with Crippen LogP contribution >= 0.6 is 0 Å². The highest BCUT2D eigenvalue weighted by Crippen LogP contribution is 2.18. The molecule has 1 atom stereocenters. The summed E-state index contributed by atoms with van der Waals surface area (Å²) in [6.07, 6.45) is 5.59. The van der Waals surface area contributed by atoms with Gasteiger partial charge in [0.1, 0.15) is 5.82 Å². The Morgan fingerprint density at radius 1 is 1.46 bits per heavy atom. The summed E-state index contributed by atoms with van der Waals surface area (Å²) in [6, 6.07) is 4.26. The average molecular weight is 331 g/mol. The van der Waals surface area contributed by atoms with Gasteiger partial charge in [-0.05, 0) is 37.0 Å². The molecule has 0 aliphatic carbocycles. The van der Waals surface area contributed by atoms with Crippen LogP contribution in [-0.2, 0) is 11.3 Å². The van der Waals surface area contributed by atoms with Crippen molar-refractivity contribution in [3.05, 3.63) is 23.9 Å². The highest BCUT2D eigenvalue weighted by molar-refractivity contribution is 5.79. The van der Waals surface area contributed by atoms with Crippen molar-refractivity contribution in [3.8, 4) is 0 Å². The Hall–Kier alpha value is -1.82. The largest absolute Gasteiger partial charge is 0.381 e. The number of aromatic nitrogens is 1. The van der Waals surface area contributed by atoms with Gasteiger partial charge in [-0.2, -0.15) is 0 Å². The molecule has 1 aromatic heterocycles. The van der Waals surface area contributed by atoms with Crippen LogP contribution in [0.1, 0.15) is 24.8 Å². The molecule has 1 unspecified atom stereocenters. The number of aliphatic imine (C=N–C) groups is 1. The zero-order chi connectivity index (χ0) is 16.8. The normalized spacial score (nSPS) is 21.3. The summed E-state index contributed by atoms with van der Waals surface area (Å²) in [7, 11) is 3.93. The van der Waals surface area contributed by atoms with Gasteiger partial charge in [0.25, 0.3) is 0 Å². The van der Waals surface area contributed by atoms with Gasteiger partial charge in [0.15, 0.2) is 5.96 Å². The number of hydrogen-bond donors (Lipinski definition) is 1. The SMILES string of the molecule is CN=C(NCc1ccnc(N2CCCC2)c1)N(C)CC1CCOC1. The van der Waals surface area contributed by atoms with Gasteiger partial charge < -0.3 is 19.9 Å². The average Bonchev–Trinajstić information content (AvgIpc) is 3.29. The number of anilines is 1. The Bertz CT molecular complexity index is 550. The standard InChI is InChI=1S/C18H29N5O/c1-19-18(22(2)13-16-6-10-24-14-16)21-12-15-5-7-20-17(11-15)23-8-3-4-9-23/h5,7,11,16H,3-4,6,8-10,12-14H2,1-2H3,(H,19,21). The lowest BCUT2D eigenvalue weighted by molar-refractivity contribution is 0.181. The Balaban J connectivity index is 1.54. The van der Waals surface area contributed by atoms with Gasteiger partial charge in [0.2, 0.25) is 0 Å². The predicted molar refractivity (Wildman–Crippen MR) is 97.4 cm³/mol. The summed E-state index contributed by atoms with van der Waals surface area (Å²) >= 11 is 0. The molecule has 24 heavy (non-hydrogen) atoms. The predicted octanol–water partition coefficient (Wildman–Crippen LogP) is 1.73. The van der Waals surface area contributed by atoms with Crippen molar-refractivity contribution in [2.24, 2.45) is 10.9 Å². The van der Waals surface area contributed by atoms with E-state index in [4.69, 9.17) is 4.74 Å². The minimum atomic E-state index is 0.608. The molecular formula is C18H29N5O. The molecule has 2 aliphatic heterocycles. The second-order valence-electron chi connectivity index (χ2n) is 6.73. The number of ether oxygens (including phenoxy) is 1. The quantitative estimate of drug-likeness (QED) is 0.658. The van der Waals surface area contributed by atoms with Gasteiger partial charge in [0.05, 0.1) is 6.61 Å². The first-order valence-corrected chi connectivity index (χ1v) is 8.95. The number of guanidine groups is 1. The van der Waals surface area contributed by atoms with E-state index in [0.29, 0.717) is 5.92 Å². The van der Waals surface area contributed by atoms with Crippen molar-refractivity contribution in [3.63, 3.8) is 0 Å². The first-order chi connectivity index (χ1) is 11.8. The van der Waals surface area contributed by atoms with Gasteiger partial charge in [-0.15, -0.1) is 0 Å². The van der Waals surface area contributed by atoms with Crippen LogP contribution < -0.4 is 10.2 Å². The van der Waals surface area contributed by atoms with Crippen LogP contribution in [0, 0.1) is 5.92 Å². The fourth-order valence-electron chi connectivity index (χ4n) is 3.46. The van der Waals surface area contributed by atoms with Gasteiger partial charge in [0, 0.05) is 59.0 Å². The molecule has 132 valence electrons. The zero-order valence-corrected chi connectivity index (χ0v) is 14.9. The van der Waals surface area contributed by atoms with Crippen LogP contribution in [0.25, 0.3) is 0 Å². The highest BCUT2D eigenvalue weighted by atomic mass is 16.5. The molecule has 0 amide bonds. The maximum atomic E-state index is 5.46. The first-order valence-electron chi connectivity index (χ1n) is 8.95. The Morgan fingerprint density at radius 2 is 2.29 bits per heavy atom. The molecule has 2 aliphatic rings. The third-order valence-electron chi connectivity index (χ3n) is 4.82. The molecule has 0 saturated carbocycles. The molecule has 0 spiro atoms. The molecule has 1 N–H and O–H groups in total. The molecule has 6 nitrogen and oxygen atoms in total. The van der Waals surface area contributed by atoms with E-state index in [9.17, 15) is 0 Å². The topological polar surface area (TPSA) is 53.0 Å². The monoisotopic (exact) mass is 331 g/mol. The summed E-state index contributed by atoms with van der Waals surface area (Å²) in [4.78, 5) is 13.5. The Labute approximate surface area is 144 Å². The van der Waals surface area contributed by atoms with E-state index in [0.717, 1.165) is 57.6 Å². The molecule has 6 heteroatoms. The van der Waals surface area contributed by atoms with Crippen LogP contribution in [0.2, 0.25) is 0 Å². The maximum absolute atomic E-state index is 5.46. The molecule has 3 heterocycles. The van der Waals surface area contributed by atoms with E-state index < -0.39 is 0 Å². The molecule has 0 bridgehead atoms. The molecule has 0 aromatic carbocycles. The zero-order valence-electron chi connectivity index (χ0n) is 14.9. The Kier molecular flexibility index (Phi) is 5.91. The van der Waals surface area contributed by atoms with Gasteiger partial charge >= 0.3 is 0 Å². The van der Waals surface area contributed by atoms with Crippen LogP contribution in [0.15, 0.2) is 23.3 Å². The third-order valence-corrected chi connectivity index (χ3v) is 4.82. The van der Waals surface area contributed by atoms with E-state index in [1.807, 2.05) is 13.2 Å². The van der Waals surface area contributed by atoms with Crippen LogP contribution in [-0.4, -0.2) is 62.8 Å². The Morgan fingerprint density at radius 3 is 3.00 bits per heavy atom. The van der Waals surface area contributed by atoms with Crippen molar-refractivity contribution in [1.82, 2.24) is 15.2 Å². The van der Waals surface area contributed by atoms with E-state index in [1.165, 1.54) is 18.4 Å². The lowest BCUT2D eigenvalue weighted by atomic mass is 10.1. The maximum Gasteiger partial charge on any atom is 0.193 e. The number of pyridine rings is 1. The van der Waals surface area contributed by atoms with E-state index >= 15 is 0 Å². The lowest BCUT2D eigenvalue weighted by Crippen LogP contribution is -2.41. The smallest absolute Gasteiger partial charge is 0.193 e. The summed E-state index contributed by atoms with van der Waals surface area (Å²) < 4.78 is 5.46. The molecule has 2 saturated heterocycles. The number of hydrogen-bond acceptors (Lipinski definition) is 4. The molecule has 2 fully saturated rings. The number of nitrogens with one attached hydrogen (secondary N) is 1. The van der Waals surface area contributed by atoms with Crippen molar-refractivity contribution in [1.29, 1.82) is 0 Å². The number of nitrogens with zero attached hydrogens (tertiary/aromatic N) is 4. The molecule has 0 radical (unpaired) electrons. The van der Waals surface area contributed by atoms with E-state index in [1.54, 1.807) is 0 Å². The molecule has 1 aromatic rings. The lowest BCUT2D eigenvalue weighted by Gasteiger charge is -2.24. The van der Waals surface area contributed by atoms with Crippen LogP contribution in [0.4, 0.5) is 5.82 Å². The molecular weight excluding hydrogens is 302 g/mol. The van der Waals surface area contributed by atoms with Crippen molar-refractivity contribution < 1.29 is 4.74 Å². The van der Waals surface area contributed by atoms with Crippen molar-refractivity contribution >= 4 is 11.8 Å². The minimum absolute atomic E-state index is 0.608. The summed E-state index contributed by atoms with van der Waals surface area (Å²) in [5, 5.41) is 3.47. The van der Waals surface area contributed by atoms with Gasteiger partial charge in [-0.1, -0.05) is 0 Å². The summed E-state index contributed by atoms with van der Waals surface area (Å²) in [5.74, 6) is 2.64. The van der Waals surface area contributed by atoms with Crippen molar-refractivity contribution in [2.45, 2.75) is 25.8 Å². The second kappa shape index (κ2) is 8.33. The van der Waals surface area contributed by atoms with Crippen molar-refractivity contribution in [2.75, 3.05) is 51.8 Å². The summed E-state index contributed by atoms with van der Waals surface area (Å²) in [5.41, 5.74) is 1.24. The van der Waals surface area contributed by atoms with Crippen LogP contribution in [0.3, 0.4) is 0 Å². The second-order valence-corrected chi connectivity index (χ2v) is 6.73. The third kappa shape index (κ3) is 4.38. The molecule has 3 rings (SSSR count). The number of rotatable bonds is 5. The fourth-order valence-corrected chi connectivity index (χ4v) is 3.46. The summed E-state index contributed by atoms with van der Waals surface area (Å²) in [6.45, 7) is 5.75. The fraction of sp³-hybridized carbons (Fsp3) is 0.667.